The molecular weight excluding hydrogens is 451 g/mol. The number of rotatable bonds is 0. The molecule has 0 aromatic heterocycles. The van der Waals surface area contributed by atoms with E-state index < -0.39 is 0 Å². The Morgan fingerprint density at radius 2 is 0.571 bits per heavy atom. The van der Waals surface area contributed by atoms with E-state index in [1.54, 1.807) is 0 Å². The van der Waals surface area contributed by atoms with Crippen LogP contribution in [0.1, 0.15) is 34.6 Å². The van der Waals surface area contributed by atoms with Gasteiger partial charge in [-0.15, -0.1) is 7.92 Å². The molecule has 0 spiro atoms. The summed E-state index contributed by atoms with van der Waals surface area (Å²) in [6.07, 6.45) is 0. The predicted octanol–water partition coefficient (Wildman–Crippen LogP) is 6.01. The van der Waals surface area contributed by atoms with E-state index in [0.717, 1.165) is 0 Å². The average molecular weight is 482 g/mol. The van der Waals surface area contributed by atoms with Crippen LogP contribution in [0.3, 0.4) is 0 Å². The first kappa shape index (κ1) is 23.6. The quantitative estimate of drug-likeness (QED) is 0.398. The first-order valence-corrected chi connectivity index (χ1v) is 9.77. The summed E-state index contributed by atoms with van der Waals surface area (Å²) >= 11 is 0. The Bertz CT molecular complexity index is 251. The summed E-state index contributed by atoms with van der Waals surface area (Å²) in [7, 11) is 0.380. The Hall–Kier alpha value is 0.299. The fourth-order valence-electron chi connectivity index (χ4n) is 1.79. The normalized spacial score (nSPS) is 17.6. The second-order valence-electron chi connectivity index (χ2n) is 5.62. The Morgan fingerprint density at radius 1 is 0.476 bits per heavy atom. The van der Waals surface area contributed by atoms with Crippen LogP contribution < -0.4 is 0 Å². The van der Waals surface area contributed by atoms with E-state index in [2.05, 4.69) is 54.6 Å². The van der Waals surface area contributed by atoms with E-state index >= 15 is 0 Å². The monoisotopic (exact) mass is 482 g/mol. The fraction of sp³-hybridized carbons (Fsp3) is 0.421. The molecule has 21 heavy (non-hydrogen) atoms. The summed E-state index contributed by atoms with van der Waals surface area (Å²) in [4.78, 5) is 0. The Morgan fingerprint density at radius 3 is 0.667 bits per heavy atom. The van der Waals surface area contributed by atoms with E-state index in [4.69, 9.17) is 0 Å². The Labute approximate surface area is 148 Å². The van der Waals surface area contributed by atoms with Gasteiger partial charge in [0.25, 0.3) is 0 Å². The predicted molar refractivity (Wildman–Crippen MR) is 95.7 cm³/mol. The van der Waals surface area contributed by atoms with Crippen molar-refractivity contribution in [3.05, 3.63) is 66.0 Å². The fourth-order valence-corrected chi connectivity index (χ4v) is 1.79. The van der Waals surface area contributed by atoms with Crippen LogP contribution in [0.4, 0.5) is 0 Å². The summed E-state index contributed by atoms with van der Waals surface area (Å²) in [6.45, 7) is 17.7. The zero-order chi connectivity index (χ0) is 15.7. The number of hydrogen-bond acceptors (Lipinski definition) is 0. The van der Waals surface area contributed by atoms with Crippen molar-refractivity contribution in [2.24, 2.45) is 0 Å². The van der Waals surface area contributed by atoms with Crippen LogP contribution in [-0.2, 0) is 20.1 Å². The van der Waals surface area contributed by atoms with E-state index in [1.807, 2.05) is 36.4 Å². The summed E-state index contributed by atoms with van der Waals surface area (Å²) in [5.74, 6) is 7.34. The van der Waals surface area contributed by atoms with Crippen LogP contribution in [0.15, 0.2) is 36.4 Å². The summed E-state index contributed by atoms with van der Waals surface area (Å²) in [5, 5.41) is 0. The van der Waals surface area contributed by atoms with E-state index in [1.165, 1.54) is 29.6 Å². The smallest absolute Gasteiger partial charge is 0 e. The van der Waals surface area contributed by atoms with Gasteiger partial charge in [-0.25, -0.2) is 0 Å². The van der Waals surface area contributed by atoms with Gasteiger partial charge in [-0.3, -0.25) is 0 Å². The van der Waals surface area contributed by atoms with Gasteiger partial charge < -0.3 is 0 Å². The Balaban J connectivity index is 0. The second-order valence-corrected chi connectivity index (χ2v) is 8.30. The first-order valence-electron chi connectivity index (χ1n) is 7.09. The van der Waals surface area contributed by atoms with Gasteiger partial charge in [0.05, 0.1) is 0 Å². The van der Waals surface area contributed by atoms with Gasteiger partial charge in [0.15, 0.2) is 0 Å². The molecule has 1 aromatic rings. The van der Waals surface area contributed by atoms with Crippen LogP contribution in [0.5, 0.6) is 0 Å². The molecule has 0 aliphatic heterocycles. The van der Waals surface area contributed by atoms with Gasteiger partial charge in [0.2, 0.25) is 0 Å². The van der Waals surface area contributed by atoms with E-state index in [-0.39, 0.29) is 20.1 Å². The molecule has 0 heterocycles. The molecule has 120 valence electrons. The minimum Gasteiger partial charge on any atom is -0.116 e. The third-order valence-corrected chi connectivity index (χ3v) is 3.48. The van der Waals surface area contributed by atoms with Crippen LogP contribution in [-0.4, -0.2) is 20.0 Å². The molecular formula is C19H30IrP. The minimum absolute atomic E-state index is 0. The van der Waals surface area contributed by atoms with Crippen molar-refractivity contribution in [1.29, 1.82) is 0 Å². The molecule has 0 atom stereocenters. The van der Waals surface area contributed by atoms with Crippen LogP contribution >= 0.6 is 7.92 Å². The molecule has 2 rings (SSSR count). The van der Waals surface area contributed by atoms with Crippen LogP contribution in [0.2, 0.25) is 0 Å². The molecule has 1 aliphatic rings. The summed E-state index contributed by atoms with van der Waals surface area (Å²) < 4.78 is 0. The van der Waals surface area contributed by atoms with Gasteiger partial charge in [0.1, 0.15) is 0 Å². The summed E-state index contributed by atoms with van der Waals surface area (Å²) in [5.41, 5.74) is 0. The zero-order valence-electron chi connectivity index (χ0n) is 14.7. The third kappa shape index (κ3) is 9.83. The third-order valence-electron chi connectivity index (χ3n) is 3.48. The SMILES string of the molecule is CP(C)C.C[C]1[C](C)[C](C)[C](C)[C]1C.[Ir].c1ccccc1. The maximum Gasteiger partial charge on any atom is 0 e. The molecule has 0 unspecified atom stereocenters. The van der Waals surface area contributed by atoms with E-state index in [9.17, 15) is 0 Å². The molecule has 0 saturated heterocycles. The van der Waals surface area contributed by atoms with Crippen LogP contribution in [0.25, 0.3) is 0 Å². The number of hydrogen-bond donors (Lipinski definition) is 0. The molecule has 0 bridgehead atoms. The molecule has 1 aromatic carbocycles. The van der Waals surface area contributed by atoms with Gasteiger partial charge in [-0.1, -0.05) is 71.0 Å². The van der Waals surface area contributed by atoms with Crippen LogP contribution in [0, 0.1) is 29.6 Å². The van der Waals surface area contributed by atoms with Crippen molar-refractivity contribution in [3.8, 4) is 0 Å². The molecule has 1 fully saturated rings. The maximum atomic E-state index is 2.23. The zero-order valence-corrected chi connectivity index (χ0v) is 18.0. The molecule has 2 heteroatoms. The van der Waals surface area contributed by atoms with Crippen molar-refractivity contribution in [2.75, 3.05) is 20.0 Å². The Kier molecular flexibility index (Phi) is 14.4. The topological polar surface area (TPSA) is 0 Å². The average Bonchev–Trinajstić information content (AvgIpc) is 2.59. The van der Waals surface area contributed by atoms with Crippen molar-refractivity contribution in [2.45, 2.75) is 34.6 Å². The molecule has 1 saturated carbocycles. The summed E-state index contributed by atoms with van der Waals surface area (Å²) in [6, 6.07) is 12.0. The van der Waals surface area contributed by atoms with Crippen molar-refractivity contribution in [1.82, 2.24) is 0 Å². The standard InChI is InChI=1S/C10H15.C6H6.C3H9P.Ir/c1-6-7(2)9(4)10(5)8(6)3;1-2-4-6-5-3-1;1-4(2)3;/h1-5H3;1-6H;1-3H3;. The van der Waals surface area contributed by atoms with Crippen molar-refractivity contribution in [3.63, 3.8) is 0 Å². The van der Waals surface area contributed by atoms with Gasteiger partial charge in [-0.05, 0) is 49.6 Å². The van der Waals surface area contributed by atoms with Gasteiger partial charge in [-0.2, -0.15) is 0 Å². The molecule has 1 aliphatic carbocycles. The van der Waals surface area contributed by atoms with Crippen molar-refractivity contribution >= 4 is 7.92 Å². The molecule has 0 N–H and O–H groups in total. The number of benzene rings is 1. The molecule has 0 nitrogen and oxygen atoms in total. The second kappa shape index (κ2) is 12.8. The first-order chi connectivity index (χ1) is 9.29. The van der Waals surface area contributed by atoms with Gasteiger partial charge >= 0.3 is 0 Å². The van der Waals surface area contributed by atoms with Gasteiger partial charge in [0, 0.05) is 20.1 Å². The minimum atomic E-state index is 0. The molecule has 6 radical (unpaired) electrons. The molecule has 0 amide bonds. The van der Waals surface area contributed by atoms with E-state index in [0.29, 0.717) is 7.92 Å². The largest absolute Gasteiger partial charge is 0.116 e. The van der Waals surface area contributed by atoms with Crippen molar-refractivity contribution < 1.29 is 20.1 Å². The maximum absolute atomic E-state index is 2.23.